The zero-order chi connectivity index (χ0) is 14.8. The summed E-state index contributed by atoms with van der Waals surface area (Å²) in [6.07, 6.45) is 0. The minimum Gasteiger partial charge on any atom is -0.478 e. The van der Waals surface area contributed by atoms with Crippen molar-refractivity contribution in [2.75, 3.05) is 0 Å². The molecule has 2 rings (SSSR count). The lowest BCUT2D eigenvalue weighted by Gasteiger charge is -2.05. The van der Waals surface area contributed by atoms with E-state index in [-0.39, 0.29) is 16.2 Å². The molecule has 0 atom stereocenters. The Kier molecular flexibility index (Phi) is 4.44. The quantitative estimate of drug-likeness (QED) is 0.799. The minimum absolute atomic E-state index is 0.0678. The van der Waals surface area contributed by atoms with Gasteiger partial charge in [0.05, 0.1) is 16.2 Å². The van der Waals surface area contributed by atoms with Crippen molar-refractivity contribution in [3.05, 3.63) is 63.2 Å². The van der Waals surface area contributed by atoms with Crippen LogP contribution in [0.3, 0.4) is 0 Å². The largest absolute Gasteiger partial charge is 0.478 e. The van der Waals surface area contributed by atoms with Gasteiger partial charge in [0.2, 0.25) is 0 Å². The van der Waals surface area contributed by atoms with Crippen LogP contribution in [-0.4, -0.2) is 19.5 Å². The molecule has 4 nitrogen and oxygen atoms in total. The molecule has 0 fully saturated rings. The van der Waals surface area contributed by atoms with Crippen molar-refractivity contribution < 1.29 is 18.3 Å². The molecular formula is C14H11IO4S. The maximum Gasteiger partial charge on any atom is 0.335 e. The second kappa shape index (κ2) is 5.92. The first-order chi connectivity index (χ1) is 9.38. The number of hydrogen-bond acceptors (Lipinski definition) is 3. The molecule has 0 saturated heterocycles. The van der Waals surface area contributed by atoms with Gasteiger partial charge in [-0.05, 0) is 64.6 Å². The van der Waals surface area contributed by atoms with Crippen molar-refractivity contribution in [2.24, 2.45) is 0 Å². The molecule has 0 radical (unpaired) electrons. The molecule has 0 saturated carbocycles. The average molecular weight is 402 g/mol. The Balaban J connectivity index is 2.26. The molecule has 20 heavy (non-hydrogen) atoms. The molecule has 0 aliphatic rings. The number of hydrogen-bond donors (Lipinski definition) is 1. The maximum atomic E-state index is 12.2. The molecule has 1 N–H and O–H groups in total. The van der Waals surface area contributed by atoms with Crippen LogP contribution in [0.1, 0.15) is 15.9 Å². The van der Waals surface area contributed by atoms with Gasteiger partial charge in [-0.15, -0.1) is 0 Å². The third kappa shape index (κ3) is 3.57. The zero-order valence-electron chi connectivity index (χ0n) is 10.3. The number of benzene rings is 2. The van der Waals surface area contributed by atoms with Crippen LogP contribution in [0.5, 0.6) is 0 Å². The summed E-state index contributed by atoms with van der Waals surface area (Å²) in [5, 5.41) is 8.79. The lowest BCUT2D eigenvalue weighted by molar-refractivity contribution is 0.0697. The first kappa shape index (κ1) is 15.0. The normalized spacial score (nSPS) is 11.2. The van der Waals surface area contributed by atoms with Gasteiger partial charge in [0.25, 0.3) is 0 Å². The summed E-state index contributed by atoms with van der Waals surface area (Å²) in [6.45, 7) is 0. The number of sulfone groups is 1. The lowest BCUT2D eigenvalue weighted by atomic mass is 10.2. The topological polar surface area (TPSA) is 71.4 Å². The third-order valence-corrected chi connectivity index (χ3v) is 5.15. The highest BCUT2D eigenvalue weighted by atomic mass is 127. The van der Waals surface area contributed by atoms with Crippen LogP contribution < -0.4 is 0 Å². The number of carbonyl (C=O) groups is 1. The van der Waals surface area contributed by atoms with E-state index < -0.39 is 15.8 Å². The maximum absolute atomic E-state index is 12.2. The van der Waals surface area contributed by atoms with E-state index in [9.17, 15) is 13.2 Å². The zero-order valence-corrected chi connectivity index (χ0v) is 13.3. The van der Waals surface area contributed by atoms with Crippen molar-refractivity contribution in [2.45, 2.75) is 10.6 Å². The van der Waals surface area contributed by atoms with E-state index in [1.54, 1.807) is 12.1 Å². The summed E-state index contributed by atoms with van der Waals surface area (Å²) in [5.41, 5.74) is 0.769. The Morgan fingerprint density at radius 1 is 1.00 bits per heavy atom. The average Bonchev–Trinajstić information content (AvgIpc) is 2.41. The van der Waals surface area contributed by atoms with Gasteiger partial charge in [-0.25, -0.2) is 13.2 Å². The Morgan fingerprint density at radius 2 is 1.55 bits per heavy atom. The fraction of sp³-hybridized carbons (Fsp3) is 0.0714. The van der Waals surface area contributed by atoms with Crippen molar-refractivity contribution in [3.63, 3.8) is 0 Å². The summed E-state index contributed by atoms with van der Waals surface area (Å²) in [7, 11) is -3.46. The van der Waals surface area contributed by atoms with Gasteiger partial charge in [0.1, 0.15) is 0 Å². The summed E-state index contributed by atoms with van der Waals surface area (Å²) in [5.74, 6) is -1.18. The third-order valence-electron chi connectivity index (χ3n) is 2.73. The standard InChI is InChI=1S/C14H11IO4S/c15-12-5-1-10(2-6-12)9-20(18,19)13-7-3-11(4-8-13)14(16)17/h1-8H,9H2,(H,16,17). The molecule has 0 spiro atoms. The first-order valence-corrected chi connectivity index (χ1v) is 8.42. The van der Waals surface area contributed by atoms with Gasteiger partial charge in [-0.1, -0.05) is 12.1 Å². The predicted molar refractivity (Wildman–Crippen MR) is 83.5 cm³/mol. The molecule has 0 unspecified atom stereocenters. The van der Waals surface area contributed by atoms with Crippen LogP contribution in [0.4, 0.5) is 0 Å². The molecule has 0 heterocycles. The molecule has 0 aromatic heterocycles. The molecule has 2 aromatic carbocycles. The van der Waals surface area contributed by atoms with E-state index in [0.717, 1.165) is 3.57 Å². The van der Waals surface area contributed by atoms with E-state index in [4.69, 9.17) is 5.11 Å². The Hall–Kier alpha value is -1.41. The van der Waals surface area contributed by atoms with Crippen LogP contribution in [0.15, 0.2) is 53.4 Å². The molecule has 0 bridgehead atoms. The Morgan fingerprint density at radius 3 is 2.05 bits per heavy atom. The van der Waals surface area contributed by atoms with Gasteiger partial charge in [-0.2, -0.15) is 0 Å². The smallest absolute Gasteiger partial charge is 0.335 e. The van der Waals surface area contributed by atoms with Crippen LogP contribution in [0.25, 0.3) is 0 Å². The molecular weight excluding hydrogens is 391 g/mol. The van der Waals surface area contributed by atoms with E-state index >= 15 is 0 Å². The summed E-state index contributed by atoms with van der Waals surface area (Å²) < 4.78 is 25.5. The van der Waals surface area contributed by atoms with E-state index in [1.807, 2.05) is 12.1 Å². The second-order valence-corrected chi connectivity index (χ2v) is 7.45. The fourth-order valence-electron chi connectivity index (χ4n) is 1.69. The van der Waals surface area contributed by atoms with Crippen molar-refractivity contribution in [1.82, 2.24) is 0 Å². The van der Waals surface area contributed by atoms with E-state index in [1.165, 1.54) is 24.3 Å². The van der Waals surface area contributed by atoms with Crippen molar-refractivity contribution in [1.29, 1.82) is 0 Å². The van der Waals surface area contributed by atoms with Crippen molar-refractivity contribution >= 4 is 38.4 Å². The molecule has 6 heteroatoms. The minimum atomic E-state index is -3.46. The first-order valence-electron chi connectivity index (χ1n) is 5.69. The predicted octanol–water partition coefficient (Wildman–Crippen LogP) is 2.96. The van der Waals surface area contributed by atoms with Crippen LogP contribution in [0.2, 0.25) is 0 Å². The number of halogens is 1. The number of aromatic carboxylic acids is 1. The molecule has 0 amide bonds. The second-order valence-electron chi connectivity index (χ2n) is 4.22. The highest BCUT2D eigenvalue weighted by molar-refractivity contribution is 14.1. The number of carboxylic acids is 1. The highest BCUT2D eigenvalue weighted by Gasteiger charge is 2.16. The Bertz CT molecular complexity index is 719. The van der Waals surface area contributed by atoms with Crippen LogP contribution >= 0.6 is 22.6 Å². The SMILES string of the molecule is O=C(O)c1ccc(S(=O)(=O)Cc2ccc(I)cc2)cc1. The Labute approximate surface area is 130 Å². The number of rotatable bonds is 4. The monoisotopic (exact) mass is 402 g/mol. The van der Waals surface area contributed by atoms with Crippen molar-refractivity contribution in [3.8, 4) is 0 Å². The summed E-state index contributed by atoms with van der Waals surface area (Å²) >= 11 is 2.15. The van der Waals surface area contributed by atoms with E-state index in [0.29, 0.717) is 5.56 Å². The van der Waals surface area contributed by atoms with Gasteiger partial charge >= 0.3 is 5.97 Å². The summed E-state index contributed by atoms with van der Waals surface area (Å²) in [6, 6.07) is 12.5. The van der Waals surface area contributed by atoms with Crippen LogP contribution in [-0.2, 0) is 15.6 Å². The van der Waals surface area contributed by atoms with E-state index in [2.05, 4.69) is 22.6 Å². The molecule has 0 aliphatic carbocycles. The van der Waals surface area contributed by atoms with Gasteiger partial charge in [0.15, 0.2) is 9.84 Å². The molecule has 0 aliphatic heterocycles. The number of carboxylic acid groups (broad SMARTS) is 1. The van der Waals surface area contributed by atoms with Gasteiger partial charge in [-0.3, -0.25) is 0 Å². The van der Waals surface area contributed by atoms with Gasteiger partial charge < -0.3 is 5.11 Å². The van der Waals surface area contributed by atoms with Gasteiger partial charge in [0, 0.05) is 3.57 Å². The fourth-order valence-corrected chi connectivity index (χ4v) is 3.40. The highest BCUT2D eigenvalue weighted by Crippen LogP contribution is 2.18. The summed E-state index contributed by atoms with van der Waals surface area (Å²) in [4.78, 5) is 10.9. The molecule has 2 aromatic rings. The molecule has 104 valence electrons. The van der Waals surface area contributed by atoms with Crippen LogP contribution in [0, 0.1) is 3.57 Å². The lowest BCUT2D eigenvalue weighted by Crippen LogP contribution is -2.06.